The maximum Gasteiger partial charge on any atom is 0.254 e. The van der Waals surface area contributed by atoms with Crippen molar-refractivity contribution in [1.29, 1.82) is 0 Å². The van der Waals surface area contributed by atoms with E-state index in [2.05, 4.69) is 19.9 Å². The average Bonchev–Trinajstić information content (AvgIpc) is 3.38. The highest BCUT2D eigenvalue weighted by molar-refractivity contribution is 5.52. The van der Waals surface area contributed by atoms with Crippen molar-refractivity contribution in [3.05, 3.63) is 30.2 Å². The first-order valence-corrected chi connectivity index (χ1v) is 8.90. The van der Waals surface area contributed by atoms with Crippen molar-refractivity contribution >= 4 is 5.82 Å². The van der Waals surface area contributed by atoms with Gasteiger partial charge in [-0.25, -0.2) is 4.98 Å². The molecule has 1 atom stereocenters. The largest absolute Gasteiger partial charge is 0.485 e. The molecule has 134 valence electrons. The van der Waals surface area contributed by atoms with Gasteiger partial charge in [0, 0.05) is 38.4 Å². The summed E-state index contributed by atoms with van der Waals surface area (Å²) in [7, 11) is 1.59. The minimum Gasteiger partial charge on any atom is -0.485 e. The molecule has 2 aliphatic rings. The quantitative estimate of drug-likeness (QED) is 0.797. The molecule has 0 saturated carbocycles. The van der Waals surface area contributed by atoms with Gasteiger partial charge in [-0.2, -0.15) is 0 Å². The molecule has 0 aromatic carbocycles. The number of likely N-dealkylation sites (tertiary alicyclic amines) is 1. The third-order valence-electron chi connectivity index (χ3n) is 4.81. The van der Waals surface area contributed by atoms with E-state index in [1.807, 2.05) is 24.4 Å². The number of anilines is 1. The van der Waals surface area contributed by atoms with Crippen molar-refractivity contribution in [2.45, 2.75) is 31.9 Å². The molecule has 25 heavy (non-hydrogen) atoms. The first kappa shape index (κ1) is 16.2. The molecule has 2 aliphatic heterocycles. The Labute approximate surface area is 147 Å². The Bertz CT molecular complexity index is 699. The molecule has 4 rings (SSSR count). The van der Waals surface area contributed by atoms with E-state index >= 15 is 0 Å². The van der Waals surface area contributed by atoms with Gasteiger partial charge < -0.3 is 18.9 Å². The lowest BCUT2D eigenvalue weighted by molar-refractivity contribution is 0.191. The lowest BCUT2D eigenvalue weighted by atomic mass is 10.3. The first-order valence-electron chi connectivity index (χ1n) is 8.90. The fourth-order valence-electron chi connectivity index (χ4n) is 3.54. The predicted octanol–water partition coefficient (Wildman–Crippen LogP) is 2.33. The van der Waals surface area contributed by atoms with Crippen molar-refractivity contribution in [3.8, 4) is 11.6 Å². The Morgan fingerprint density at radius 3 is 2.96 bits per heavy atom. The van der Waals surface area contributed by atoms with Gasteiger partial charge in [-0.3, -0.25) is 4.90 Å². The van der Waals surface area contributed by atoms with Gasteiger partial charge in [0.1, 0.15) is 6.10 Å². The van der Waals surface area contributed by atoms with Crippen LogP contribution in [-0.4, -0.2) is 54.4 Å². The number of ether oxygens (including phenoxy) is 2. The van der Waals surface area contributed by atoms with E-state index in [4.69, 9.17) is 14.0 Å². The number of rotatable bonds is 6. The molecule has 2 aromatic heterocycles. The summed E-state index contributed by atoms with van der Waals surface area (Å²) in [5.74, 6) is 3.22. The number of hydrogen-bond donors (Lipinski definition) is 0. The third-order valence-corrected chi connectivity index (χ3v) is 4.81. The second-order valence-corrected chi connectivity index (χ2v) is 6.62. The van der Waals surface area contributed by atoms with E-state index in [0.717, 1.165) is 56.5 Å². The second kappa shape index (κ2) is 7.31. The van der Waals surface area contributed by atoms with Crippen LogP contribution >= 0.6 is 0 Å². The van der Waals surface area contributed by atoms with Crippen molar-refractivity contribution in [2.75, 3.05) is 38.2 Å². The molecule has 0 aliphatic carbocycles. The summed E-state index contributed by atoms with van der Waals surface area (Å²) in [5, 5.41) is 3.85. The molecule has 7 nitrogen and oxygen atoms in total. The standard InChI is InChI=1S/C18H24N4O3/c1-23-17-11-15(25-20-17)13-21-10-6-14(12-21)24-16-5-4-7-19-18(16)22-8-2-3-9-22/h4-5,7,11,14H,2-3,6,8-10,12-13H2,1H3/t14-/m1/s1. The zero-order valence-electron chi connectivity index (χ0n) is 14.6. The molecule has 0 bridgehead atoms. The highest BCUT2D eigenvalue weighted by atomic mass is 16.5. The molecule has 2 fully saturated rings. The fraction of sp³-hybridized carbons (Fsp3) is 0.556. The molecule has 0 N–H and O–H groups in total. The smallest absolute Gasteiger partial charge is 0.254 e. The van der Waals surface area contributed by atoms with Crippen molar-refractivity contribution in [3.63, 3.8) is 0 Å². The van der Waals surface area contributed by atoms with Crippen molar-refractivity contribution in [2.24, 2.45) is 0 Å². The number of pyridine rings is 1. The monoisotopic (exact) mass is 344 g/mol. The molecule has 0 amide bonds. The summed E-state index contributed by atoms with van der Waals surface area (Å²) in [6.07, 6.45) is 5.48. The second-order valence-electron chi connectivity index (χ2n) is 6.62. The Hall–Kier alpha value is -2.28. The molecule has 0 radical (unpaired) electrons. The van der Waals surface area contributed by atoms with Gasteiger partial charge in [0.05, 0.1) is 13.7 Å². The summed E-state index contributed by atoms with van der Waals surface area (Å²) < 4.78 is 16.6. The van der Waals surface area contributed by atoms with Crippen LogP contribution in [0.15, 0.2) is 28.9 Å². The molecule has 0 spiro atoms. The average molecular weight is 344 g/mol. The van der Waals surface area contributed by atoms with E-state index < -0.39 is 0 Å². The molecular formula is C18H24N4O3. The Balaban J connectivity index is 1.36. The molecule has 7 heteroatoms. The molecule has 0 unspecified atom stereocenters. The van der Waals surface area contributed by atoms with Gasteiger partial charge in [-0.05, 0) is 36.6 Å². The van der Waals surface area contributed by atoms with Crippen LogP contribution < -0.4 is 14.4 Å². The van der Waals surface area contributed by atoms with E-state index in [1.165, 1.54) is 12.8 Å². The predicted molar refractivity (Wildman–Crippen MR) is 93.0 cm³/mol. The molecule has 2 saturated heterocycles. The highest BCUT2D eigenvalue weighted by Gasteiger charge is 2.27. The number of nitrogens with zero attached hydrogens (tertiary/aromatic N) is 4. The van der Waals surface area contributed by atoms with Crippen LogP contribution in [0.4, 0.5) is 5.82 Å². The molecular weight excluding hydrogens is 320 g/mol. The van der Waals surface area contributed by atoms with Gasteiger partial charge in [0.15, 0.2) is 17.3 Å². The van der Waals surface area contributed by atoms with Crippen LogP contribution in [0.3, 0.4) is 0 Å². The van der Waals surface area contributed by atoms with Gasteiger partial charge >= 0.3 is 0 Å². The van der Waals surface area contributed by atoms with Crippen molar-refractivity contribution < 1.29 is 14.0 Å². The van der Waals surface area contributed by atoms with Gasteiger partial charge in [0.25, 0.3) is 5.88 Å². The summed E-state index contributed by atoms with van der Waals surface area (Å²) >= 11 is 0. The Morgan fingerprint density at radius 2 is 2.16 bits per heavy atom. The van der Waals surface area contributed by atoms with Crippen LogP contribution in [0.1, 0.15) is 25.0 Å². The topological polar surface area (TPSA) is 63.9 Å². The number of methoxy groups -OCH3 is 1. The zero-order valence-corrected chi connectivity index (χ0v) is 14.6. The van der Waals surface area contributed by atoms with Gasteiger partial charge in [0.2, 0.25) is 0 Å². The van der Waals surface area contributed by atoms with Crippen LogP contribution in [0, 0.1) is 0 Å². The highest BCUT2D eigenvalue weighted by Crippen LogP contribution is 2.30. The molecule has 2 aromatic rings. The summed E-state index contributed by atoms with van der Waals surface area (Å²) in [6.45, 7) is 4.71. The lowest BCUT2D eigenvalue weighted by Gasteiger charge is -2.22. The van der Waals surface area contributed by atoms with Crippen LogP contribution in [0.5, 0.6) is 11.6 Å². The summed E-state index contributed by atoms with van der Waals surface area (Å²) in [6, 6.07) is 5.81. The summed E-state index contributed by atoms with van der Waals surface area (Å²) in [5.41, 5.74) is 0. The van der Waals surface area contributed by atoms with Gasteiger partial charge in [-0.1, -0.05) is 0 Å². The normalized spacial score (nSPS) is 21.0. The van der Waals surface area contributed by atoms with Crippen molar-refractivity contribution in [1.82, 2.24) is 15.0 Å². The summed E-state index contributed by atoms with van der Waals surface area (Å²) in [4.78, 5) is 9.19. The minimum absolute atomic E-state index is 0.176. The minimum atomic E-state index is 0.176. The SMILES string of the molecule is COc1cc(CN2CC[C@@H](Oc3cccnc3N3CCCC3)C2)on1. The lowest BCUT2D eigenvalue weighted by Crippen LogP contribution is -2.26. The zero-order chi connectivity index (χ0) is 17.1. The van der Waals surface area contributed by atoms with E-state index in [0.29, 0.717) is 5.88 Å². The first-order chi connectivity index (χ1) is 12.3. The van der Waals surface area contributed by atoms with E-state index in [9.17, 15) is 0 Å². The third kappa shape index (κ3) is 3.71. The Kier molecular flexibility index (Phi) is 4.74. The van der Waals surface area contributed by atoms with Crippen LogP contribution in [0.25, 0.3) is 0 Å². The fourth-order valence-corrected chi connectivity index (χ4v) is 3.54. The van der Waals surface area contributed by atoms with Crippen LogP contribution in [-0.2, 0) is 6.54 Å². The van der Waals surface area contributed by atoms with E-state index in [1.54, 1.807) is 7.11 Å². The number of hydrogen-bond acceptors (Lipinski definition) is 7. The maximum absolute atomic E-state index is 6.30. The Morgan fingerprint density at radius 1 is 1.28 bits per heavy atom. The maximum atomic E-state index is 6.30. The number of aromatic nitrogens is 2. The van der Waals surface area contributed by atoms with Crippen LogP contribution in [0.2, 0.25) is 0 Å². The molecule has 4 heterocycles. The van der Waals surface area contributed by atoms with Gasteiger partial charge in [-0.15, -0.1) is 0 Å². The van der Waals surface area contributed by atoms with E-state index in [-0.39, 0.29) is 6.10 Å².